The molecule has 1 aliphatic heterocycles. The number of amides is 1. The zero-order chi connectivity index (χ0) is 24.5. The molecule has 0 spiro atoms. The van der Waals surface area contributed by atoms with E-state index in [-0.39, 0.29) is 11.3 Å². The lowest BCUT2D eigenvalue weighted by molar-refractivity contribution is -0.132. The molecule has 3 heterocycles. The van der Waals surface area contributed by atoms with E-state index in [1.165, 1.54) is 28.6 Å². The summed E-state index contributed by atoms with van der Waals surface area (Å²) >= 11 is 7.39. The predicted octanol–water partition coefficient (Wildman–Crippen LogP) is 5.76. The average molecular weight is 506 g/mol. The summed E-state index contributed by atoms with van der Waals surface area (Å²) < 4.78 is 6.57. The van der Waals surface area contributed by atoms with Crippen molar-refractivity contribution in [3.8, 4) is 5.75 Å². The molecule has 2 aromatic heterocycles. The number of pyridine rings is 1. The van der Waals surface area contributed by atoms with E-state index in [1.54, 1.807) is 48.5 Å². The summed E-state index contributed by atoms with van der Waals surface area (Å²) in [7, 11) is 0. The number of aliphatic hydroxyl groups excluding tert-OH is 1. The fourth-order valence-electron chi connectivity index (χ4n) is 3.99. The van der Waals surface area contributed by atoms with E-state index < -0.39 is 17.7 Å². The molecule has 35 heavy (non-hydrogen) atoms. The first-order chi connectivity index (χ1) is 17.0. The summed E-state index contributed by atoms with van der Waals surface area (Å²) in [6.45, 7) is 2.53. The second kappa shape index (κ2) is 9.48. The Morgan fingerprint density at radius 3 is 2.71 bits per heavy atom. The lowest BCUT2D eigenvalue weighted by atomic mass is 9.95. The molecule has 0 radical (unpaired) electrons. The van der Waals surface area contributed by atoms with Gasteiger partial charge in [0.2, 0.25) is 0 Å². The Balaban J connectivity index is 1.70. The number of carbonyl (C=O) groups excluding carboxylic acids is 2. The standard InChI is InChI=1S/C26H20ClN3O4S/c1-2-12-34-18-5-3-4-16(13-18)22-21(23(31)15-8-10-28-11-9-15)24(32)25(33)30(22)26-29-19-7-6-17(27)14-20(19)35-26/h3-11,13-14,22,31H,2,12H2,1H3/b23-21+. The molecule has 0 bridgehead atoms. The van der Waals surface area contributed by atoms with Gasteiger partial charge in [-0.25, -0.2) is 4.98 Å². The highest BCUT2D eigenvalue weighted by Crippen LogP contribution is 2.45. The van der Waals surface area contributed by atoms with Gasteiger partial charge in [0, 0.05) is 23.0 Å². The summed E-state index contributed by atoms with van der Waals surface area (Å²) in [5, 5.41) is 12.1. The van der Waals surface area contributed by atoms with E-state index in [9.17, 15) is 14.7 Å². The average Bonchev–Trinajstić information content (AvgIpc) is 3.40. The Hall–Kier alpha value is -3.75. The van der Waals surface area contributed by atoms with Crippen LogP contribution >= 0.6 is 22.9 Å². The van der Waals surface area contributed by atoms with E-state index in [0.29, 0.717) is 39.2 Å². The molecule has 1 saturated heterocycles. The van der Waals surface area contributed by atoms with Crippen LogP contribution in [0, 0.1) is 0 Å². The molecule has 5 rings (SSSR count). The number of thiazole rings is 1. The SMILES string of the molecule is CCCOc1cccc(C2/C(=C(\O)c3ccncc3)C(=O)C(=O)N2c2nc3ccc(Cl)cc3s2)c1. The number of fused-ring (bicyclic) bond motifs is 1. The van der Waals surface area contributed by atoms with Crippen molar-refractivity contribution in [2.24, 2.45) is 0 Å². The summed E-state index contributed by atoms with van der Waals surface area (Å²) in [5.41, 5.74) is 1.64. The third-order valence-electron chi connectivity index (χ3n) is 5.59. The van der Waals surface area contributed by atoms with E-state index in [0.717, 1.165) is 11.1 Å². The van der Waals surface area contributed by atoms with Crippen molar-refractivity contribution in [3.05, 3.63) is 88.7 Å². The van der Waals surface area contributed by atoms with Gasteiger partial charge >= 0.3 is 5.91 Å². The number of Topliss-reactive ketones (excluding diaryl/α,β-unsaturated/α-hetero) is 1. The first-order valence-corrected chi connectivity index (χ1v) is 12.2. The third-order valence-corrected chi connectivity index (χ3v) is 6.84. The third kappa shape index (κ3) is 4.26. The summed E-state index contributed by atoms with van der Waals surface area (Å²) in [6.07, 6.45) is 3.85. The Morgan fingerprint density at radius 1 is 1.14 bits per heavy atom. The highest BCUT2D eigenvalue weighted by atomic mass is 35.5. The smallest absolute Gasteiger partial charge is 0.301 e. The van der Waals surface area contributed by atoms with Gasteiger partial charge in [-0.1, -0.05) is 42.0 Å². The van der Waals surface area contributed by atoms with Crippen LogP contribution in [0.2, 0.25) is 5.02 Å². The van der Waals surface area contributed by atoms with Crippen molar-refractivity contribution < 1.29 is 19.4 Å². The van der Waals surface area contributed by atoms with Crippen LogP contribution in [-0.4, -0.2) is 33.4 Å². The second-order valence-electron chi connectivity index (χ2n) is 7.93. The lowest BCUT2D eigenvalue weighted by Crippen LogP contribution is -2.29. The predicted molar refractivity (Wildman–Crippen MR) is 136 cm³/mol. The Kier molecular flexibility index (Phi) is 6.23. The maximum atomic E-state index is 13.4. The molecule has 1 atom stereocenters. The van der Waals surface area contributed by atoms with Crippen LogP contribution < -0.4 is 9.64 Å². The van der Waals surface area contributed by atoms with Crippen LogP contribution in [0.5, 0.6) is 5.75 Å². The molecular weight excluding hydrogens is 486 g/mol. The minimum atomic E-state index is -0.899. The molecule has 7 nitrogen and oxygen atoms in total. The van der Waals surface area contributed by atoms with Gasteiger partial charge in [0.25, 0.3) is 5.78 Å². The van der Waals surface area contributed by atoms with Crippen LogP contribution in [0.25, 0.3) is 16.0 Å². The van der Waals surface area contributed by atoms with E-state index in [1.807, 2.05) is 13.0 Å². The van der Waals surface area contributed by atoms with Gasteiger partial charge in [0.1, 0.15) is 11.5 Å². The molecule has 0 saturated carbocycles. The Labute approximate surface area is 210 Å². The minimum absolute atomic E-state index is 0.0221. The summed E-state index contributed by atoms with van der Waals surface area (Å²) in [4.78, 5) is 36.6. The molecular formula is C26H20ClN3O4S. The van der Waals surface area contributed by atoms with E-state index in [4.69, 9.17) is 16.3 Å². The van der Waals surface area contributed by atoms with Gasteiger partial charge in [-0.3, -0.25) is 19.5 Å². The van der Waals surface area contributed by atoms with Crippen molar-refractivity contribution in [3.63, 3.8) is 0 Å². The number of ketones is 1. The molecule has 176 valence electrons. The number of anilines is 1. The summed E-state index contributed by atoms with van der Waals surface area (Å²) in [5.74, 6) is -1.23. The van der Waals surface area contributed by atoms with Crippen LogP contribution in [-0.2, 0) is 9.59 Å². The zero-order valence-corrected chi connectivity index (χ0v) is 20.2. The van der Waals surface area contributed by atoms with Crippen LogP contribution in [0.15, 0.2) is 72.6 Å². The topological polar surface area (TPSA) is 92.6 Å². The Bertz CT molecular complexity index is 1470. The molecule has 9 heteroatoms. The number of ether oxygens (including phenoxy) is 1. The molecule has 1 N–H and O–H groups in total. The van der Waals surface area contributed by atoms with Gasteiger partial charge in [-0.15, -0.1) is 0 Å². The van der Waals surface area contributed by atoms with Crippen molar-refractivity contribution in [1.29, 1.82) is 0 Å². The lowest BCUT2D eigenvalue weighted by Gasteiger charge is -2.23. The number of aromatic nitrogens is 2. The minimum Gasteiger partial charge on any atom is -0.507 e. The molecule has 1 unspecified atom stereocenters. The molecule has 1 amide bonds. The highest BCUT2D eigenvalue weighted by molar-refractivity contribution is 7.22. The number of aliphatic hydroxyl groups is 1. The van der Waals surface area contributed by atoms with Crippen LogP contribution in [0.3, 0.4) is 0 Å². The second-order valence-corrected chi connectivity index (χ2v) is 9.38. The van der Waals surface area contributed by atoms with Gasteiger partial charge in [0.15, 0.2) is 5.13 Å². The van der Waals surface area contributed by atoms with Gasteiger partial charge in [-0.05, 0) is 54.4 Å². The van der Waals surface area contributed by atoms with Crippen LogP contribution in [0.1, 0.15) is 30.5 Å². The largest absolute Gasteiger partial charge is 0.507 e. The number of nitrogens with zero attached hydrogens (tertiary/aromatic N) is 3. The molecule has 1 fully saturated rings. The van der Waals surface area contributed by atoms with Gasteiger partial charge in [0.05, 0.1) is 28.4 Å². The highest BCUT2D eigenvalue weighted by Gasteiger charge is 2.48. The molecule has 2 aromatic carbocycles. The molecule has 4 aromatic rings. The maximum Gasteiger partial charge on any atom is 0.301 e. The van der Waals surface area contributed by atoms with E-state index >= 15 is 0 Å². The molecule has 0 aliphatic carbocycles. The normalized spacial score (nSPS) is 17.3. The monoisotopic (exact) mass is 505 g/mol. The van der Waals surface area contributed by atoms with E-state index in [2.05, 4.69) is 9.97 Å². The summed E-state index contributed by atoms with van der Waals surface area (Å²) in [6, 6.07) is 14.7. The van der Waals surface area contributed by atoms with Crippen molar-refractivity contribution in [1.82, 2.24) is 9.97 Å². The van der Waals surface area contributed by atoms with Crippen LogP contribution in [0.4, 0.5) is 5.13 Å². The van der Waals surface area contributed by atoms with Crippen molar-refractivity contribution in [2.45, 2.75) is 19.4 Å². The number of hydrogen-bond acceptors (Lipinski definition) is 7. The number of carbonyl (C=O) groups is 2. The number of benzene rings is 2. The first kappa shape index (κ1) is 23.0. The fourth-order valence-corrected chi connectivity index (χ4v) is 5.26. The van der Waals surface area contributed by atoms with Gasteiger partial charge in [-0.2, -0.15) is 0 Å². The van der Waals surface area contributed by atoms with Gasteiger partial charge < -0.3 is 9.84 Å². The fraction of sp³-hybridized carbons (Fsp3) is 0.154. The van der Waals surface area contributed by atoms with Crippen molar-refractivity contribution in [2.75, 3.05) is 11.5 Å². The number of rotatable bonds is 6. The quantitative estimate of drug-likeness (QED) is 0.203. The number of halogens is 1. The maximum absolute atomic E-state index is 13.4. The molecule has 1 aliphatic rings. The first-order valence-electron chi connectivity index (χ1n) is 11.0. The van der Waals surface area contributed by atoms with Crippen molar-refractivity contribution >= 4 is 55.7 Å². The zero-order valence-electron chi connectivity index (χ0n) is 18.6. The Morgan fingerprint density at radius 2 is 1.94 bits per heavy atom. The number of hydrogen-bond donors (Lipinski definition) is 1.